The minimum absolute atomic E-state index is 0.0340. The maximum atomic E-state index is 12.7. The van der Waals surface area contributed by atoms with Crippen molar-refractivity contribution in [2.45, 2.75) is 0 Å². The van der Waals surface area contributed by atoms with E-state index in [2.05, 4.69) is 4.98 Å². The smallest absolute Gasteiger partial charge is 0.342 e. The van der Waals surface area contributed by atoms with Crippen LogP contribution in [0.1, 0.15) is 20.7 Å². The summed E-state index contributed by atoms with van der Waals surface area (Å²) in [6.45, 7) is -0.446. The van der Waals surface area contributed by atoms with Crippen molar-refractivity contribution in [3.05, 3.63) is 59.5 Å². The molecule has 0 aliphatic rings. The number of carbonyl (C=O) groups excluding carboxylic acids is 2. The van der Waals surface area contributed by atoms with Crippen LogP contribution in [0, 0.1) is 5.82 Å². The summed E-state index contributed by atoms with van der Waals surface area (Å²) in [5.74, 6) is -1.57. The van der Waals surface area contributed by atoms with E-state index in [9.17, 15) is 14.0 Å². The lowest BCUT2D eigenvalue weighted by Gasteiger charge is -2.05. The van der Waals surface area contributed by atoms with Crippen LogP contribution < -0.4 is 5.73 Å². The molecule has 1 aromatic carbocycles. The first-order chi connectivity index (χ1) is 9.58. The zero-order valence-electron chi connectivity index (χ0n) is 10.4. The molecule has 0 radical (unpaired) electrons. The number of esters is 1. The van der Waals surface area contributed by atoms with Gasteiger partial charge < -0.3 is 10.5 Å². The molecule has 0 spiro atoms. The maximum Gasteiger partial charge on any atom is 0.342 e. The molecular formula is C14H11FN2O3. The first kappa shape index (κ1) is 13.7. The molecule has 0 saturated heterocycles. The summed E-state index contributed by atoms with van der Waals surface area (Å²) in [6.07, 6.45) is 1.44. The second kappa shape index (κ2) is 5.92. The number of hydrogen-bond acceptors (Lipinski definition) is 5. The van der Waals surface area contributed by atoms with Crippen LogP contribution in [0.15, 0.2) is 42.6 Å². The number of pyridine rings is 1. The van der Waals surface area contributed by atoms with Crippen LogP contribution in [0.5, 0.6) is 0 Å². The Morgan fingerprint density at radius 2 is 1.90 bits per heavy atom. The molecule has 0 unspecified atom stereocenters. The molecule has 0 saturated carbocycles. The number of anilines is 1. The van der Waals surface area contributed by atoms with Crippen LogP contribution in [0.2, 0.25) is 0 Å². The Hall–Kier alpha value is -2.76. The van der Waals surface area contributed by atoms with E-state index in [-0.39, 0.29) is 16.9 Å². The summed E-state index contributed by atoms with van der Waals surface area (Å²) in [6, 6.07) is 7.96. The summed E-state index contributed by atoms with van der Waals surface area (Å²) in [5.41, 5.74) is 5.88. The average Bonchev–Trinajstić information content (AvgIpc) is 2.45. The normalized spacial score (nSPS) is 10.1. The van der Waals surface area contributed by atoms with Crippen molar-refractivity contribution in [3.8, 4) is 0 Å². The van der Waals surface area contributed by atoms with Crippen LogP contribution in [-0.2, 0) is 4.74 Å². The van der Waals surface area contributed by atoms with E-state index in [4.69, 9.17) is 10.5 Å². The van der Waals surface area contributed by atoms with Gasteiger partial charge in [-0.1, -0.05) is 0 Å². The Morgan fingerprint density at radius 1 is 1.20 bits per heavy atom. The van der Waals surface area contributed by atoms with Gasteiger partial charge in [0.05, 0.1) is 0 Å². The van der Waals surface area contributed by atoms with Gasteiger partial charge in [-0.05, 0) is 36.4 Å². The van der Waals surface area contributed by atoms with E-state index < -0.39 is 24.2 Å². The highest BCUT2D eigenvalue weighted by molar-refractivity contribution is 6.00. The minimum atomic E-state index is -0.730. The lowest BCUT2D eigenvalue weighted by Crippen LogP contribution is -2.15. The van der Waals surface area contributed by atoms with Crippen molar-refractivity contribution >= 4 is 17.6 Å². The Balaban J connectivity index is 1.99. The molecule has 5 nitrogen and oxygen atoms in total. The number of rotatable bonds is 4. The van der Waals surface area contributed by atoms with Gasteiger partial charge in [-0.25, -0.2) is 14.2 Å². The number of benzene rings is 1. The molecule has 102 valence electrons. The topological polar surface area (TPSA) is 82.3 Å². The lowest BCUT2D eigenvalue weighted by atomic mass is 10.1. The fourth-order valence-corrected chi connectivity index (χ4v) is 1.52. The first-order valence-electron chi connectivity index (χ1n) is 5.74. The van der Waals surface area contributed by atoms with Crippen molar-refractivity contribution < 1.29 is 18.7 Å². The highest BCUT2D eigenvalue weighted by atomic mass is 19.1. The van der Waals surface area contributed by atoms with E-state index in [0.717, 1.165) is 12.1 Å². The van der Waals surface area contributed by atoms with Crippen LogP contribution >= 0.6 is 0 Å². The minimum Gasteiger partial charge on any atom is -0.454 e. The van der Waals surface area contributed by atoms with Gasteiger partial charge in [-0.15, -0.1) is 0 Å². The number of halogens is 1. The van der Waals surface area contributed by atoms with E-state index >= 15 is 0 Å². The molecule has 2 rings (SSSR count). The average molecular weight is 274 g/mol. The Kier molecular flexibility index (Phi) is 4.05. The molecule has 2 N–H and O–H groups in total. The molecule has 2 aromatic rings. The SMILES string of the molecule is Nc1ncccc1C(=O)OCC(=O)c1ccc(F)cc1. The molecule has 6 heteroatoms. The largest absolute Gasteiger partial charge is 0.454 e. The zero-order chi connectivity index (χ0) is 14.5. The van der Waals surface area contributed by atoms with E-state index in [0.29, 0.717) is 0 Å². The molecule has 1 heterocycles. The Bertz CT molecular complexity index is 641. The number of carbonyl (C=O) groups is 2. The molecule has 0 aliphatic carbocycles. The highest BCUT2D eigenvalue weighted by Gasteiger charge is 2.14. The quantitative estimate of drug-likeness (QED) is 0.679. The van der Waals surface area contributed by atoms with Gasteiger partial charge in [0.2, 0.25) is 0 Å². The molecule has 0 aliphatic heterocycles. The van der Waals surface area contributed by atoms with Crippen molar-refractivity contribution in [3.63, 3.8) is 0 Å². The summed E-state index contributed by atoms with van der Waals surface area (Å²) in [4.78, 5) is 27.2. The predicted octanol–water partition coefficient (Wildman–Crippen LogP) is 1.84. The number of nitrogens with zero attached hydrogens (tertiary/aromatic N) is 1. The predicted molar refractivity (Wildman–Crippen MR) is 69.7 cm³/mol. The Morgan fingerprint density at radius 3 is 2.55 bits per heavy atom. The van der Waals surface area contributed by atoms with E-state index in [1.54, 1.807) is 0 Å². The van der Waals surface area contributed by atoms with Gasteiger partial charge in [0.1, 0.15) is 17.2 Å². The lowest BCUT2D eigenvalue weighted by molar-refractivity contribution is 0.0475. The van der Waals surface area contributed by atoms with Crippen molar-refractivity contribution in [2.75, 3.05) is 12.3 Å². The number of ether oxygens (including phenoxy) is 1. The standard InChI is InChI=1S/C14H11FN2O3/c15-10-5-3-9(4-6-10)12(18)8-20-14(19)11-2-1-7-17-13(11)16/h1-7H,8H2,(H2,16,17). The molecule has 0 fully saturated rings. The highest BCUT2D eigenvalue weighted by Crippen LogP contribution is 2.09. The fourth-order valence-electron chi connectivity index (χ4n) is 1.52. The van der Waals surface area contributed by atoms with Crippen molar-refractivity contribution in [2.24, 2.45) is 0 Å². The molecule has 0 amide bonds. The number of Topliss-reactive ketones (excluding diaryl/α,β-unsaturated/α-hetero) is 1. The van der Waals surface area contributed by atoms with Crippen LogP contribution in [0.4, 0.5) is 10.2 Å². The van der Waals surface area contributed by atoms with Gasteiger partial charge in [0, 0.05) is 11.8 Å². The first-order valence-corrected chi connectivity index (χ1v) is 5.74. The third-order valence-electron chi connectivity index (χ3n) is 2.56. The van der Waals surface area contributed by atoms with Gasteiger partial charge in [-0.3, -0.25) is 4.79 Å². The van der Waals surface area contributed by atoms with E-state index in [1.165, 1.54) is 30.5 Å². The molecule has 1 aromatic heterocycles. The van der Waals surface area contributed by atoms with Gasteiger partial charge >= 0.3 is 5.97 Å². The third-order valence-corrected chi connectivity index (χ3v) is 2.56. The van der Waals surface area contributed by atoms with Crippen LogP contribution in [0.3, 0.4) is 0 Å². The summed E-state index contributed by atoms with van der Waals surface area (Å²) in [7, 11) is 0. The summed E-state index contributed by atoms with van der Waals surface area (Å²) < 4.78 is 17.6. The number of nitrogen functional groups attached to an aromatic ring is 1. The van der Waals surface area contributed by atoms with Crippen molar-refractivity contribution in [1.29, 1.82) is 0 Å². The number of aromatic nitrogens is 1. The van der Waals surface area contributed by atoms with Gasteiger partial charge in [0.25, 0.3) is 0 Å². The van der Waals surface area contributed by atoms with Gasteiger partial charge in [0.15, 0.2) is 12.4 Å². The van der Waals surface area contributed by atoms with Crippen LogP contribution in [-0.4, -0.2) is 23.3 Å². The number of hydrogen-bond donors (Lipinski definition) is 1. The second-order valence-corrected chi connectivity index (χ2v) is 3.94. The molecule has 0 bridgehead atoms. The monoisotopic (exact) mass is 274 g/mol. The summed E-state index contributed by atoms with van der Waals surface area (Å²) >= 11 is 0. The van der Waals surface area contributed by atoms with E-state index in [1.807, 2.05) is 0 Å². The van der Waals surface area contributed by atoms with Gasteiger partial charge in [-0.2, -0.15) is 0 Å². The second-order valence-electron chi connectivity index (χ2n) is 3.94. The number of nitrogens with two attached hydrogens (primary N) is 1. The van der Waals surface area contributed by atoms with Crippen LogP contribution in [0.25, 0.3) is 0 Å². The third kappa shape index (κ3) is 3.17. The zero-order valence-corrected chi connectivity index (χ0v) is 10.4. The summed E-state index contributed by atoms with van der Waals surface area (Å²) in [5, 5.41) is 0. The number of ketones is 1. The molecular weight excluding hydrogens is 263 g/mol. The molecule has 20 heavy (non-hydrogen) atoms. The van der Waals surface area contributed by atoms with Crippen molar-refractivity contribution in [1.82, 2.24) is 4.98 Å². The fraction of sp³-hybridized carbons (Fsp3) is 0.0714. The maximum absolute atomic E-state index is 12.7. The Labute approximate surface area is 114 Å². The molecule has 0 atom stereocenters.